The van der Waals surface area contributed by atoms with Gasteiger partial charge in [-0.1, -0.05) is 78.9 Å². The summed E-state index contributed by atoms with van der Waals surface area (Å²) in [6.07, 6.45) is 0.832. The van der Waals surface area contributed by atoms with Crippen molar-refractivity contribution >= 4 is 28.5 Å². The van der Waals surface area contributed by atoms with Gasteiger partial charge in [-0.25, -0.2) is 0 Å². The van der Waals surface area contributed by atoms with E-state index < -0.39 is 0 Å². The number of carbonyl (C=O) groups excluding carboxylic acids is 2. The lowest BCUT2D eigenvalue weighted by atomic mass is 10.0. The van der Waals surface area contributed by atoms with E-state index >= 15 is 0 Å². The Kier molecular flexibility index (Phi) is 4.07. The average Bonchev–Trinajstić information content (AvgIpc) is 3.20. The maximum atomic E-state index is 13.4. The Hall–Kier alpha value is -3.98. The van der Waals surface area contributed by atoms with Crippen molar-refractivity contribution < 1.29 is 9.59 Å². The van der Waals surface area contributed by atoms with Gasteiger partial charge >= 0.3 is 0 Å². The maximum absolute atomic E-state index is 13.4. The van der Waals surface area contributed by atoms with Gasteiger partial charge in [0.25, 0.3) is 0 Å². The zero-order valence-corrected chi connectivity index (χ0v) is 15.6. The van der Waals surface area contributed by atoms with Crippen molar-refractivity contribution in [1.29, 1.82) is 0 Å². The van der Waals surface area contributed by atoms with Crippen molar-refractivity contribution in [3.63, 3.8) is 0 Å². The molecule has 3 aromatic carbocycles. The molecule has 5 aromatic rings. The van der Waals surface area contributed by atoms with Crippen molar-refractivity contribution in [3.8, 4) is 11.3 Å². The molecule has 0 aliphatic heterocycles. The number of pyridine rings is 1. The van der Waals surface area contributed by atoms with Gasteiger partial charge in [0.05, 0.1) is 16.7 Å². The number of hydrogen-bond donors (Lipinski definition) is 0. The van der Waals surface area contributed by atoms with Gasteiger partial charge in [0, 0.05) is 16.7 Å². The van der Waals surface area contributed by atoms with Crippen molar-refractivity contribution in [2.45, 2.75) is 0 Å². The first-order valence-electron chi connectivity index (χ1n) is 9.45. The van der Waals surface area contributed by atoms with Crippen molar-refractivity contribution in [1.82, 2.24) is 4.40 Å². The molecule has 0 aliphatic rings. The predicted octanol–water partition coefficient (Wildman–Crippen LogP) is 5.80. The second kappa shape index (κ2) is 6.88. The SMILES string of the molecule is O=Cc1cc2ccccc2n2c(-c3ccccc3)cc(C(=O)c3ccccc3)c12. The summed E-state index contributed by atoms with van der Waals surface area (Å²) in [5.41, 5.74) is 5.12. The minimum Gasteiger partial charge on any atom is -0.308 e. The average molecular weight is 375 g/mol. The minimum atomic E-state index is -0.0938. The highest BCUT2D eigenvalue weighted by Crippen LogP contribution is 2.33. The van der Waals surface area contributed by atoms with Gasteiger partial charge in [-0.05, 0) is 29.1 Å². The number of benzene rings is 3. The number of nitrogens with zero attached hydrogens (tertiary/aromatic N) is 1. The van der Waals surface area contributed by atoms with Gasteiger partial charge in [0.1, 0.15) is 0 Å². The molecule has 0 atom stereocenters. The number of ketones is 1. The zero-order chi connectivity index (χ0) is 19.8. The topological polar surface area (TPSA) is 38.5 Å². The minimum absolute atomic E-state index is 0.0938. The van der Waals surface area contributed by atoms with Crippen LogP contribution in [0.25, 0.3) is 27.7 Å². The lowest BCUT2D eigenvalue weighted by Gasteiger charge is -2.10. The summed E-state index contributed by atoms with van der Waals surface area (Å²) in [6, 6.07) is 30.8. The summed E-state index contributed by atoms with van der Waals surface area (Å²) >= 11 is 0. The molecule has 0 amide bonds. The van der Waals surface area contributed by atoms with Crippen LogP contribution in [0, 0.1) is 0 Å². The first kappa shape index (κ1) is 17.1. The van der Waals surface area contributed by atoms with E-state index in [-0.39, 0.29) is 5.78 Å². The maximum Gasteiger partial charge on any atom is 0.195 e. The van der Waals surface area contributed by atoms with Crippen LogP contribution in [-0.2, 0) is 0 Å². The van der Waals surface area contributed by atoms with Crippen LogP contribution in [0.5, 0.6) is 0 Å². The normalized spacial score (nSPS) is 11.0. The van der Waals surface area contributed by atoms with Crippen LogP contribution in [0.15, 0.2) is 97.1 Å². The molecular weight excluding hydrogens is 358 g/mol. The zero-order valence-electron chi connectivity index (χ0n) is 15.6. The standard InChI is InChI=1S/C26H17NO2/c28-17-21-15-20-13-7-8-14-23(20)27-24(18-9-3-1-4-10-18)16-22(25(21)27)26(29)19-11-5-2-6-12-19/h1-17H. The summed E-state index contributed by atoms with van der Waals surface area (Å²) in [7, 11) is 0. The van der Waals surface area contributed by atoms with Gasteiger partial charge in [0.15, 0.2) is 12.1 Å². The molecule has 2 heterocycles. The molecule has 0 unspecified atom stereocenters. The molecule has 0 bridgehead atoms. The molecule has 0 saturated heterocycles. The first-order chi connectivity index (χ1) is 14.3. The molecule has 29 heavy (non-hydrogen) atoms. The molecule has 0 fully saturated rings. The van der Waals surface area contributed by atoms with E-state index in [2.05, 4.69) is 0 Å². The second-order valence-corrected chi connectivity index (χ2v) is 6.96. The molecule has 0 saturated carbocycles. The van der Waals surface area contributed by atoms with Crippen molar-refractivity contribution in [2.75, 3.05) is 0 Å². The van der Waals surface area contributed by atoms with E-state index in [1.54, 1.807) is 12.1 Å². The summed E-state index contributed by atoms with van der Waals surface area (Å²) < 4.78 is 2.03. The fourth-order valence-corrected chi connectivity index (χ4v) is 3.92. The Morgan fingerprint density at radius 2 is 1.41 bits per heavy atom. The fourth-order valence-electron chi connectivity index (χ4n) is 3.92. The van der Waals surface area contributed by atoms with Crippen LogP contribution >= 0.6 is 0 Å². The van der Waals surface area contributed by atoms with Crippen LogP contribution in [0.2, 0.25) is 0 Å². The van der Waals surface area contributed by atoms with E-state index in [4.69, 9.17) is 0 Å². The molecule has 138 valence electrons. The predicted molar refractivity (Wildman–Crippen MR) is 116 cm³/mol. The number of para-hydroxylation sites is 1. The van der Waals surface area contributed by atoms with E-state index in [0.717, 1.165) is 28.4 Å². The molecule has 2 aromatic heterocycles. The van der Waals surface area contributed by atoms with Gasteiger partial charge in [-0.3, -0.25) is 9.59 Å². The number of carbonyl (C=O) groups is 2. The highest BCUT2D eigenvalue weighted by atomic mass is 16.1. The summed E-state index contributed by atoms with van der Waals surface area (Å²) in [5.74, 6) is -0.0938. The lowest BCUT2D eigenvalue weighted by Crippen LogP contribution is -2.03. The lowest BCUT2D eigenvalue weighted by molar-refractivity contribution is 0.104. The van der Waals surface area contributed by atoms with Gasteiger partial charge in [-0.15, -0.1) is 0 Å². The summed E-state index contributed by atoms with van der Waals surface area (Å²) in [4.78, 5) is 25.4. The Balaban J connectivity index is 1.93. The van der Waals surface area contributed by atoms with Crippen LogP contribution in [0.4, 0.5) is 0 Å². The number of fused-ring (bicyclic) bond motifs is 3. The Morgan fingerprint density at radius 1 is 0.759 bits per heavy atom. The van der Waals surface area contributed by atoms with E-state index in [1.165, 1.54) is 0 Å². The van der Waals surface area contributed by atoms with Crippen LogP contribution in [0.1, 0.15) is 26.3 Å². The van der Waals surface area contributed by atoms with Crippen molar-refractivity contribution in [2.24, 2.45) is 0 Å². The number of aldehydes is 1. The monoisotopic (exact) mass is 375 g/mol. The quantitative estimate of drug-likeness (QED) is 0.294. The summed E-state index contributed by atoms with van der Waals surface area (Å²) in [6.45, 7) is 0. The first-order valence-corrected chi connectivity index (χ1v) is 9.45. The largest absolute Gasteiger partial charge is 0.308 e. The molecule has 0 N–H and O–H groups in total. The molecule has 3 nitrogen and oxygen atoms in total. The number of hydrogen-bond acceptors (Lipinski definition) is 2. The molecule has 0 spiro atoms. The third kappa shape index (κ3) is 2.75. The second-order valence-electron chi connectivity index (χ2n) is 6.96. The smallest absolute Gasteiger partial charge is 0.195 e. The Labute approximate surface area is 167 Å². The molecular formula is C26H17NO2. The van der Waals surface area contributed by atoms with Crippen LogP contribution in [-0.4, -0.2) is 16.5 Å². The van der Waals surface area contributed by atoms with E-state index in [9.17, 15) is 9.59 Å². The molecule has 5 rings (SSSR count). The Morgan fingerprint density at radius 3 is 2.14 bits per heavy atom. The molecule has 0 radical (unpaired) electrons. The van der Waals surface area contributed by atoms with E-state index in [0.29, 0.717) is 22.2 Å². The van der Waals surface area contributed by atoms with Crippen LogP contribution < -0.4 is 0 Å². The number of aromatic nitrogens is 1. The molecule has 0 aliphatic carbocycles. The van der Waals surface area contributed by atoms with E-state index in [1.807, 2.05) is 89.3 Å². The fraction of sp³-hybridized carbons (Fsp3) is 0. The van der Waals surface area contributed by atoms with Crippen LogP contribution in [0.3, 0.4) is 0 Å². The number of rotatable bonds is 4. The van der Waals surface area contributed by atoms with Gasteiger partial charge in [0.2, 0.25) is 0 Å². The highest BCUT2D eigenvalue weighted by molar-refractivity contribution is 6.17. The van der Waals surface area contributed by atoms with Crippen molar-refractivity contribution in [3.05, 3.63) is 114 Å². The summed E-state index contributed by atoms with van der Waals surface area (Å²) in [5, 5.41) is 0.952. The third-order valence-corrected chi connectivity index (χ3v) is 5.24. The van der Waals surface area contributed by atoms with Gasteiger partial charge < -0.3 is 4.40 Å². The third-order valence-electron chi connectivity index (χ3n) is 5.24. The van der Waals surface area contributed by atoms with Gasteiger partial charge in [-0.2, -0.15) is 0 Å². The molecule has 3 heteroatoms. The Bertz CT molecular complexity index is 1370. The highest BCUT2D eigenvalue weighted by Gasteiger charge is 2.22.